The summed E-state index contributed by atoms with van der Waals surface area (Å²) in [7, 11) is -4.03. The summed E-state index contributed by atoms with van der Waals surface area (Å²) in [4.78, 5) is 27.4. The summed E-state index contributed by atoms with van der Waals surface area (Å²) in [6.07, 6.45) is 1.41. The molecule has 0 unspecified atom stereocenters. The number of nitrogens with one attached hydrogen (secondary N) is 1. The lowest BCUT2D eigenvalue weighted by Crippen LogP contribution is -2.65. The first kappa shape index (κ1) is 15.6. The molecule has 1 aliphatic heterocycles. The molecule has 2 heterocycles. The highest BCUT2D eigenvalue weighted by molar-refractivity contribution is 7.89. The number of aromatic nitrogens is 2. The normalized spacial score (nSPS) is 19.6. The van der Waals surface area contributed by atoms with Gasteiger partial charge in [0, 0.05) is 12.7 Å². The Hall–Kier alpha value is -1.74. The second kappa shape index (κ2) is 4.92. The van der Waals surface area contributed by atoms with E-state index in [1.54, 1.807) is 11.5 Å². The number of hydrogen-bond acceptors (Lipinski definition) is 5. The Morgan fingerprint density at radius 1 is 1.38 bits per heavy atom. The molecule has 0 saturated carbocycles. The number of amides is 2. The SMILES string of the molecule is CCn1cc(S(=O)(=O)N2CC(=O)NC(=O)C2(C)C)nc1C. The largest absolute Gasteiger partial charge is 0.334 e. The molecule has 2 rings (SSSR count). The summed E-state index contributed by atoms with van der Waals surface area (Å²) < 4.78 is 28.0. The van der Waals surface area contributed by atoms with Crippen molar-refractivity contribution in [3.8, 4) is 0 Å². The smallest absolute Gasteiger partial charge is 0.263 e. The van der Waals surface area contributed by atoms with Crippen LogP contribution in [0, 0.1) is 6.92 Å². The quantitative estimate of drug-likeness (QED) is 0.768. The molecule has 1 N–H and O–H groups in total. The molecule has 9 heteroatoms. The third kappa shape index (κ3) is 2.46. The highest BCUT2D eigenvalue weighted by atomic mass is 32.2. The number of hydrogen-bond donors (Lipinski definition) is 1. The molecule has 0 bridgehead atoms. The van der Waals surface area contributed by atoms with Gasteiger partial charge in [-0.15, -0.1) is 0 Å². The predicted molar refractivity (Wildman–Crippen MR) is 73.8 cm³/mol. The van der Waals surface area contributed by atoms with Gasteiger partial charge < -0.3 is 4.57 Å². The first-order chi connectivity index (χ1) is 9.60. The van der Waals surface area contributed by atoms with Crippen molar-refractivity contribution in [2.45, 2.75) is 44.8 Å². The number of carbonyl (C=O) groups excluding carboxylic acids is 2. The lowest BCUT2D eigenvalue weighted by atomic mass is 10.0. The van der Waals surface area contributed by atoms with Crippen LogP contribution in [0.2, 0.25) is 0 Å². The molecule has 1 fully saturated rings. The fraction of sp³-hybridized carbons (Fsp3) is 0.583. The van der Waals surface area contributed by atoms with Gasteiger partial charge in [0.15, 0.2) is 5.03 Å². The van der Waals surface area contributed by atoms with E-state index in [4.69, 9.17) is 0 Å². The summed E-state index contributed by atoms with van der Waals surface area (Å²) in [5.41, 5.74) is -1.35. The molecule has 1 saturated heterocycles. The average Bonchev–Trinajstić information content (AvgIpc) is 2.76. The van der Waals surface area contributed by atoms with Crippen molar-refractivity contribution < 1.29 is 18.0 Å². The molecule has 21 heavy (non-hydrogen) atoms. The van der Waals surface area contributed by atoms with Crippen molar-refractivity contribution in [3.63, 3.8) is 0 Å². The molecule has 8 nitrogen and oxygen atoms in total. The number of rotatable bonds is 3. The minimum Gasteiger partial charge on any atom is -0.334 e. The number of piperazine rings is 1. The Labute approximate surface area is 123 Å². The van der Waals surface area contributed by atoms with Crippen LogP contribution in [0.1, 0.15) is 26.6 Å². The summed E-state index contributed by atoms with van der Waals surface area (Å²) >= 11 is 0. The van der Waals surface area contributed by atoms with Crippen molar-refractivity contribution >= 4 is 21.8 Å². The van der Waals surface area contributed by atoms with Gasteiger partial charge in [-0.1, -0.05) is 0 Å². The van der Waals surface area contributed by atoms with Gasteiger partial charge in [0.1, 0.15) is 11.4 Å². The number of aryl methyl sites for hydroxylation is 2. The lowest BCUT2D eigenvalue weighted by molar-refractivity contribution is -0.141. The zero-order valence-electron chi connectivity index (χ0n) is 12.4. The van der Waals surface area contributed by atoms with Gasteiger partial charge in [-0.2, -0.15) is 4.31 Å². The van der Waals surface area contributed by atoms with E-state index in [0.29, 0.717) is 12.4 Å². The van der Waals surface area contributed by atoms with Gasteiger partial charge in [0.05, 0.1) is 6.54 Å². The third-order valence-corrected chi connectivity index (χ3v) is 5.46. The van der Waals surface area contributed by atoms with E-state index in [-0.39, 0.29) is 5.03 Å². The first-order valence-electron chi connectivity index (χ1n) is 6.51. The highest BCUT2D eigenvalue weighted by Gasteiger charge is 2.48. The number of carbonyl (C=O) groups is 2. The fourth-order valence-corrected chi connectivity index (χ4v) is 3.89. The average molecular weight is 314 g/mol. The molecule has 2 amide bonds. The van der Waals surface area contributed by atoms with E-state index in [0.717, 1.165) is 4.31 Å². The van der Waals surface area contributed by atoms with Crippen molar-refractivity contribution in [2.24, 2.45) is 0 Å². The monoisotopic (exact) mass is 314 g/mol. The van der Waals surface area contributed by atoms with Gasteiger partial charge in [0.2, 0.25) is 11.8 Å². The number of imidazole rings is 1. The van der Waals surface area contributed by atoms with Crippen molar-refractivity contribution in [1.29, 1.82) is 0 Å². The molecule has 1 aromatic rings. The summed E-state index contributed by atoms with van der Waals surface area (Å²) in [6, 6.07) is 0. The molecule has 0 aromatic carbocycles. The van der Waals surface area contributed by atoms with Crippen molar-refractivity contribution in [2.75, 3.05) is 6.54 Å². The Morgan fingerprint density at radius 2 is 2.00 bits per heavy atom. The molecule has 0 spiro atoms. The fourth-order valence-electron chi connectivity index (χ4n) is 2.18. The van der Waals surface area contributed by atoms with Crippen LogP contribution in [0.25, 0.3) is 0 Å². The lowest BCUT2D eigenvalue weighted by Gasteiger charge is -2.38. The Kier molecular flexibility index (Phi) is 3.66. The zero-order valence-corrected chi connectivity index (χ0v) is 13.2. The van der Waals surface area contributed by atoms with Gasteiger partial charge in [0.25, 0.3) is 10.0 Å². The topological polar surface area (TPSA) is 101 Å². The van der Waals surface area contributed by atoms with E-state index in [1.165, 1.54) is 20.0 Å². The zero-order chi connectivity index (χ0) is 16.0. The predicted octanol–water partition coefficient (Wildman–Crippen LogP) is -0.363. The summed E-state index contributed by atoms with van der Waals surface area (Å²) in [5.74, 6) is -0.731. The maximum atomic E-state index is 12.7. The number of sulfonamides is 1. The van der Waals surface area contributed by atoms with E-state index >= 15 is 0 Å². The summed E-state index contributed by atoms with van der Waals surface area (Å²) in [5, 5.41) is 1.99. The highest BCUT2D eigenvalue weighted by Crippen LogP contribution is 2.26. The van der Waals surface area contributed by atoms with Crippen LogP contribution in [0.3, 0.4) is 0 Å². The maximum Gasteiger partial charge on any atom is 0.263 e. The third-order valence-electron chi connectivity index (χ3n) is 3.57. The minimum atomic E-state index is -4.03. The van der Waals surface area contributed by atoms with Crippen LogP contribution in [0.5, 0.6) is 0 Å². The number of imide groups is 1. The van der Waals surface area contributed by atoms with Crippen molar-refractivity contribution in [3.05, 3.63) is 12.0 Å². The van der Waals surface area contributed by atoms with Gasteiger partial charge in [-0.3, -0.25) is 14.9 Å². The molecule has 116 valence electrons. The second-order valence-corrected chi connectivity index (χ2v) is 7.17. The Balaban J connectivity index is 2.51. The van der Waals surface area contributed by atoms with Crippen molar-refractivity contribution in [1.82, 2.24) is 19.2 Å². The molecule has 0 radical (unpaired) electrons. The first-order valence-corrected chi connectivity index (χ1v) is 7.95. The Morgan fingerprint density at radius 3 is 2.52 bits per heavy atom. The second-order valence-electron chi connectivity index (χ2n) is 5.36. The molecule has 0 aliphatic carbocycles. The van der Waals surface area contributed by atoms with Crippen LogP contribution in [0.15, 0.2) is 11.2 Å². The maximum absolute atomic E-state index is 12.7. The van der Waals surface area contributed by atoms with E-state index in [1.807, 2.05) is 6.92 Å². The minimum absolute atomic E-state index is 0.155. The van der Waals surface area contributed by atoms with Gasteiger partial charge >= 0.3 is 0 Å². The van der Waals surface area contributed by atoms with Crippen LogP contribution < -0.4 is 5.32 Å². The molecule has 1 aromatic heterocycles. The van der Waals surface area contributed by atoms with E-state index in [9.17, 15) is 18.0 Å². The van der Waals surface area contributed by atoms with Crippen LogP contribution in [-0.4, -0.2) is 46.2 Å². The van der Waals surface area contributed by atoms with E-state index < -0.39 is 33.9 Å². The summed E-state index contributed by atoms with van der Waals surface area (Å²) in [6.45, 7) is 6.65. The van der Waals surface area contributed by atoms with Crippen LogP contribution in [-0.2, 0) is 26.2 Å². The standard InChI is InChI=1S/C12H18N4O4S/c1-5-15-7-10(13-8(15)2)21(19,20)16-6-9(17)14-11(18)12(16,3)4/h7H,5-6H2,1-4H3,(H,14,17,18). The van der Waals surface area contributed by atoms with Crippen LogP contribution in [0.4, 0.5) is 0 Å². The van der Waals surface area contributed by atoms with Gasteiger partial charge in [-0.25, -0.2) is 13.4 Å². The van der Waals surface area contributed by atoms with Crippen LogP contribution >= 0.6 is 0 Å². The molecule has 1 aliphatic rings. The number of nitrogens with zero attached hydrogens (tertiary/aromatic N) is 3. The molecular formula is C12H18N4O4S. The molecule has 0 atom stereocenters. The molecular weight excluding hydrogens is 296 g/mol. The van der Waals surface area contributed by atoms with E-state index in [2.05, 4.69) is 10.3 Å². The Bertz CT molecular complexity index is 705. The van der Waals surface area contributed by atoms with Gasteiger partial charge in [-0.05, 0) is 27.7 Å².